The molecule has 0 aromatic heterocycles. The zero-order valence-corrected chi connectivity index (χ0v) is 20.7. The van der Waals surface area contributed by atoms with Crippen molar-refractivity contribution in [2.24, 2.45) is 0 Å². The van der Waals surface area contributed by atoms with E-state index in [1.54, 1.807) is 17.6 Å². The highest BCUT2D eigenvalue weighted by Gasteiger charge is 2.34. The van der Waals surface area contributed by atoms with Gasteiger partial charge in [0.2, 0.25) is 11.8 Å². The first-order valence-corrected chi connectivity index (χ1v) is 12.7. The van der Waals surface area contributed by atoms with Crippen LogP contribution in [0.3, 0.4) is 0 Å². The summed E-state index contributed by atoms with van der Waals surface area (Å²) >= 11 is 0. The molecule has 10 heteroatoms. The van der Waals surface area contributed by atoms with Crippen LogP contribution in [0.15, 0.2) is 48.5 Å². The number of carbonyl (C=O) groups is 2. The molecule has 4 rings (SSSR count). The van der Waals surface area contributed by atoms with Gasteiger partial charge in [0.15, 0.2) is 6.29 Å². The van der Waals surface area contributed by atoms with E-state index in [1.807, 2.05) is 36.4 Å². The van der Waals surface area contributed by atoms with Gasteiger partial charge in [0, 0.05) is 50.1 Å². The number of nitrogens with zero attached hydrogens (tertiary/aromatic N) is 1. The summed E-state index contributed by atoms with van der Waals surface area (Å²) in [6, 6.07) is 15.0. The fourth-order valence-corrected chi connectivity index (χ4v) is 4.71. The summed E-state index contributed by atoms with van der Waals surface area (Å²) in [6.45, 7) is 2.16. The number of carbonyl (C=O) groups excluding carboxylic acids is 2. The van der Waals surface area contributed by atoms with E-state index in [0.717, 1.165) is 29.7 Å². The minimum Gasteiger partial charge on any atom is -0.392 e. The van der Waals surface area contributed by atoms with Gasteiger partial charge in [-0.15, -0.1) is 0 Å². The first kappa shape index (κ1) is 27.2. The lowest BCUT2D eigenvalue weighted by atomic mass is 9.99. The van der Waals surface area contributed by atoms with Crippen LogP contribution in [0.2, 0.25) is 0 Å². The molecule has 0 saturated carbocycles. The number of benzene rings is 2. The summed E-state index contributed by atoms with van der Waals surface area (Å²) in [5.41, 5.74) is 4.84. The molecule has 0 radical (unpaired) electrons. The zero-order chi connectivity index (χ0) is 26.2. The van der Waals surface area contributed by atoms with Gasteiger partial charge in [0.1, 0.15) is 0 Å². The molecule has 10 nitrogen and oxygen atoms in total. The highest BCUT2D eigenvalue weighted by molar-refractivity contribution is 5.91. The molecule has 0 unspecified atom stereocenters. The average Bonchev–Trinajstić information content (AvgIpc) is 3.33. The molecule has 200 valence electrons. The van der Waals surface area contributed by atoms with Crippen LogP contribution in [0.4, 0.5) is 5.69 Å². The second-order valence-electron chi connectivity index (χ2n) is 9.61. The predicted molar refractivity (Wildman–Crippen MR) is 134 cm³/mol. The number of hydrogen-bond acceptors (Lipinski definition) is 8. The van der Waals surface area contributed by atoms with Gasteiger partial charge in [0.25, 0.3) is 0 Å². The molecule has 2 aromatic rings. The van der Waals surface area contributed by atoms with Gasteiger partial charge in [0.05, 0.1) is 24.9 Å². The molecule has 0 spiro atoms. The predicted octanol–water partition coefficient (Wildman–Crippen LogP) is 2.41. The normalized spacial score (nSPS) is 24.1. The molecule has 4 atom stereocenters. The quantitative estimate of drug-likeness (QED) is 0.241. The Morgan fingerprint density at radius 1 is 0.973 bits per heavy atom. The highest BCUT2D eigenvalue weighted by Crippen LogP contribution is 2.38. The van der Waals surface area contributed by atoms with Crippen LogP contribution < -0.4 is 10.8 Å². The Bertz CT molecular complexity index is 1030. The van der Waals surface area contributed by atoms with Gasteiger partial charge in [-0.1, -0.05) is 36.4 Å². The molecule has 0 bridgehead atoms. The summed E-state index contributed by atoms with van der Waals surface area (Å²) < 4.78 is 12.7. The lowest BCUT2D eigenvalue weighted by Gasteiger charge is -2.37. The third kappa shape index (κ3) is 7.81. The molecule has 2 saturated heterocycles. The van der Waals surface area contributed by atoms with Gasteiger partial charge >= 0.3 is 0 Å². The third-order valence-corrected chi connectivity index (χ3v) is 6.72. The van der Waals surface area contributed by atoms with E-state index in [4.69, 9.17) is 14.7 Å². The van der Waals surface area contributed by atoms with Crippen LogP contribution in [0.5, 0.6) is 0 Å². The Balaban J connectivity index is 1.41. The van der Waals surface area contributed by atoms with Gasteiger partial charge in [-0.05, 0) is 36.1 Å². The van der Waals surface area contributed by atoms with Crippen molar-refractivity contribution in [2.75, 3.05) is 25.0 Å². The van der Waals surface area contributed by atoms with Crippen LogP contribution >= 0.6 is 0 Å². The monoisotopic (exact) mass is 513 g/mol. The van der Waals surface area contributed by atoms with Gasteiger partial charge in [-0.25, -0.2) is 5.48 Å². The number of ether oxygens (including phenoxy) is 2. The van der Waals surface area contributed by atoms with Crippen molar-refractivity contribution in [3.63, 3.8) is 0 Å². The molecule has 2 aromatic carbocycles. The minimum absolute atomic E-state index is 0.0155. The van der Waals surface area contributed by atoms with Crippen molar-refractivity contribution >= 4 is 17.5 Å². The van der Waals surface area contributed by atoms with Crippen molar-refractivity contribution in [3.8, 4) is 0 Å². The fraction of sp³-hybridized carbons (Fsp3) is 0.481. The van der Waals surface area contributed by atoms with Crippen LogP contribution in [0, 0.1) is 0 Å². The van der Waals surface area contributed by atoms with E-state index >= 15 is 0 Å². The Hall–Kier alpha value is -2.86. The second kappa shape index (κ2) is 13.1. The molecule has 0 aliphatic carbocycles. The van der Waals surface area contributed by atoms with E-state index in [-0.39, 0.29) is 43.7 Å². The summed E-state index contributed by atoms with van der Waals surface area (Å²) in [5.74, 6) is -0.741. The van der Waals surface area contributed by atoms with Crippen molar-refractivity contribution < 1.29 is 34.5 Å². The molecule has 2 heterocycles. The summed E-state index contributed by atoms with van der Waals surface area (Å²) in [5, 5.41) is 30.6. The van der Waals surface area contributed by atoms with Gasteiger partial charge in [-0.3, -0.25) is 19.7 Å². The molecular weight excluding hydrogens is 478 g/mol. The largest absolute Gasteiger partial charge is 0.392 e. The van der Waals surface area contributed by atoms with Crippen molar-refractivity contribution in [3.05, 3.63) is 65.2 Å². The number of nitrogens with one attached hydrogen (secondary N) is 2. The van der Waals surface area contributed by atoms with E-state index in [0.29, 0.717) is 31.6 Å². The van der Waals surface area contributed by atoms with Crippen molar-refractivity contribution in [1.29, 1.82) is 0 Å². The lowest BCUT2D eigenvalue weighted by Crippen LogP contribution is -2.38. The zero-order valence-electron chi connectivity index (χ0n) is 20.7. The van der Waals surface area contributed by atoms with E-state index < -0.39 is 12.2 Å². The van der Waals surface area contributed by atoms with Crippen LogP contribution in [-0.4, -0.2) is 64.0 Å². The Labute approximate surface area is 216 Å². The molecule has 2 fully saturated rings. The maximum absolute atomic E-state index is 12.2. The number of β-amino-alcohol motifs (C(OH)–C–C–N with tert-alkyl or cyclic N) is 1. The fourth-order valence-electron chi connectivity index (χ4n) is 4.71. The number of hydroxylamine groups is 1. The summed E-state index contributed by atoms with van der Waals surface area (Å²) in [7, 11) is 0. The van der Waals surface area contributed by atoms with E-state index in [2.05, 4.69) is 10.2 Å². The topological polar surface area (TPSA) is 141 Å². The first-order valence-electron chi connectivity index (χ1n) is 12.7. The van der Waals surface area contributed by atoms with Gasteiger partial charge < -0.3 is 25.0 Å². The van der Waals surface area contributed by atoms with Crippen molar-refractivity contribution in [2.45, 2.75) is 63.3 Å². The maximum atomic E-state index is 12.2. The second-order valence-corrected chi connectivity index (χ2v) is 9.61. The number of rotatable bonds is 10. The van der Waals surface area contributed by atoms with Crippen LogP contribution in [0.1, 0.15) is 61.2 Å². The molecule has 37 heavy (non-hydrogen) atoms. The first-order chi connectivity index (χ1) is 17.9. The lowest BCUT2D eigenvalue weighted by molar-refractivity contribution is -0.252. The standard InChI is InChI=1S/C27H35N3O7/c31-17-18-4-6-19(7-5-18)24-14-23(16-30-13-12-22(32)15-30)36-27(37-24)20-8-10-21(11-9-20)28-25(33)2-1-3-26(34)29-35/h4-11,22-24,27,31-32,35H,1-3,12-17H2,(H,28,33)(H,29,34)/t22-,23+,24-,27-/m0/s1. The SMILES string of the molecule is O=C(CCCC(=O)Nc1ccc([C@H]2O[C@@H](CN3CC[C@H](O)C3)C[C@@H](c3ccc(CO)cc3)O2)cc1)NO. The molecule has 2 amide bonds. The number of amides is 2. The number of likely N-dealkylation sites (tertiary alicyclic amines) is 1. The van der Waals surface area contributed by atoms with Gasteiger partial charge in [-0.2, -0.15) is 0 Å². The Kier molecular flexibility index (Phi) is 9.62. The maximum Gasteiger partial charge on any atom is 0.243 e. The number of anilines is 1. The van der Waals surface area contributed by atoms with Crippen LogP contribution in [-0.2, 0) is 25.7 Å². The smallest absolute Gasteiger partial charge is 0.243 e. The summed E-state index contributed by atoms with van der Waals surface area (Å²) in [6.07, 6.45) is 0.804. The van der Waals surface area contributed by atoms with E-state index in [9.17, 15) is 19.8 Å². The Morgan fingerprint density at radius 3 is 2.32 bits per heavy atom. The molecule has 2 aliphatic heterocycles. The number of aliphatic hydroxyl groups is 2. The minimum atomic E-state index is -0.601. The molecule has 5 N–H and O–H groups in total. The van der Waals surface area contributed by atoms with E-state index in [1.165, 1.54) is 0 Å². The van der Waals surface area contributed by atoms with Crippen LogP contribution in [0.25, 0.3) is 0 Å². The highest BCUT2D eigenvalue weighted by atomic mass is 16.7. The molecule has 2 aliphatic rings. The summed E-state index contributed by atoms with van der Waals surface area (Å²) in [4.78, 5) is 25.4. The third-order valence-electron chi connectivity index (χ3n) is 6.72. The Morgan fingerprint density at radius 2 is 1.68 bits per heavy atom. The number of hydrogen-bond donors (Lipinski definition) is 5. The average molecular weight is 514 g/mol. The molecular formula is C27H35N3O7. The number of aliphatic hydroxyl groups excluding tert-OH is 2. The van der Waals surface area contributed by atoms with Crippen molar-refractivity contribution in [1.82, 2.24) is 10.4 Å².